The number of aryl methyl sites for hydroxylation is 1. The highest BCUT2D eigenvalue weighted by Gasteiger charge is 1.99. The molecular formula is C12H15P. The van der Waals surface area contributed by atoms with Crippen LogP contribution in [0, 0.1) is 6.92 Å². The van der Waals surface area contributed by atoms with E-state index in [2.05, 4.69) is 44.9 Å². The molecule has 0 N–H and O–H groups in total. The average Bonchev–Trinajstić information content (AvgIpc) is 2.03. The number of hydrogen-bond acceptors (Lipinski definition) is 0. The molecule has 0 radical (unpaired) electrons. The second-order valence-electron chi connectivity index (χ2n) is 3.42. The molecule has 0 bridgehead atoms. The summed E-state index contributed by atoms with van der Waals surface area (Å²) in [5.74, 6) is 0. The van der Waals surface area contributed by atoms with Gasteiger partial charge in [-0.1, -0.05) is 44.4 Å². The van der Waals surface area contributed by atoms with Gasteiger partial charge < -0.3 is 0 Å². The summed E-state index contributed by atoms with van der Waals surface area (Å²) in [6, 6.07) is 6.51. The summed E-state index contributed by atoms with van der Waals surface area (Å²) < 4.78 is 0. The number of benzene rings is 1. The molecule has 0 unspecified atom stereocenters. The van der Waals surface area contributed by atoms with Gasteiger partial charge >= 0.3 is 0 Å². The van der Waals surface area contributed by atoms with Crippen molar-refractivity contribution >= 4 is 19.8 Å². The first-order chi connectivity index (χ1) is 6.13. The van der Waals surface area contributed by atoms with Crippen LogP contribution in [-0.4, -0.2) is 6.30 Å². The van der Waals surface area contributed by atoms with Crippen LogP contribution in [0.3, 0.4) is 0 Å². The van der Waals surface area contributed by atoms with Gasteiger partial charge in [0, 0.05) is 5.30 Å². The van der Waals surface area contributed by atoms with Crippen LogP contribution >= 0.6 is 8.20 Å². The monoisotopic (exact) mass is 190 g/mol. The van der Waals surface area contributed by atoms with Crippen molar-refractivity contribution in [3.8, 4) is 0 Å². The Morgan fingerprint density at radius 1 is 1.46 bits per heavy atom. The Morgan fingerprint density at radius 3 is 2.69 bits per heavy atom. The Bertz CT molecular complexity index is 337. The summed E-state index contributed by atoms with van der Waals surface area (Å²) in [4.78, 5) is 0. The van der Waals surface area contributed by atoms with Gasteiger partial charge in [-0.2, -0.15) is 0 Å². The molecule has 0 aliphatic rings. The highest BCUT2D eigenvalue weighted by Crippen LogP contribution is 2.10. The van der Waals surface area contributed by atoms with Crippen molar-refractivity contribution in [3.63, 3.8) is 0 Å². The summed E-state index contributed by atoms with van der Waals surface area (Å²) in [6.45, 7) is 8.11. The molecule has 0 amide bonds. The van der Waals surface area contributed by atoms with Crippen LogP contribution in [0.2, 0.25) is 0 Å². The molecule has 1 rings (SSSR count). The molecule has 0 saturated carbocycles. The van der Waals surface area contributed by atoms with Crippen molar-refractivity contribution in [3.05, 3.63) is 41.5 Å². The van der Waals surface area contributed by atoms with E-state index in [9.17, 15) is 0 Å². The zero-order chi connectivity index (χ0) is 9.84. The third kappa shape index (κ3) is 2.82. The molecule has 0 aliphatic heterocycles. The van der Waals surface area contributed by atoms with Crippen molar-refractivity contribution in [1.29, 1.82) is 0 Å². The first-order valence-electron chi connectivity index (χ1n) is 4.34. The minimum Gasteiger partial charge on any atom is -0.0998 e. The standard InChI is InChI=1S/C12H15P/c1-9(2)7-11-8-10(3)5-6-12(11)13-4/h5-6,8H,1,4,7H2,2-3H3. The van der Waals surface area contributed by atoms with Crippen molar-refractivity contribution in [1.82, 2.24) is 0 Å². The normalized spacial score (nSPS) is 10.3. The molecule has 1 aromatic rings. The summed E-state index contributed by atoms with van der Waals surface area (Å²) in [6.07, 6.45) is 4.87. The van der Waals surface area contributed by atoms with E-state index in [1.807, 2.05) is 0 Å². The summed E-state index contributed by atoms with van der Waals surface area (Å²) in [7, 11) is 1.09. The van der Waals surface area contributed by atoms with Crippen LogP contribution in [0.15, 0.2) is 30.4 Å². The van der Waals surface area contributed by atoms with Gasteiger partial charge in [0.25, 0.3) is 0 Å². The van der Waals surface area contributed by atoms with Crippen LogP contribution < -0.4 is 5.30 Å². The number of allylic oxidation sites excluding steroid dienone is 1. The van der Waals surface area contributed by atoms with Gasteiger partial charge in [0.15, 0.2) is 0 Å². The molecule has 0 saturated heterocycles. The molecule has 0 aromatic heterocycles. The first-order valence-corrected chi connectivity index (χ1v) is 5.42. The summed E-state index contributed by atoms with van der Waals surface area (Å²) in [5.41, 5.74) is 3.88. The summed E-state index contributed by atoms with van der Waals surface area (Å²) in [5, 5.41) is 1.31. The van der Waals surface area contributed by atoms with E-state index in [1.165, 1.54) is 22.0 Å². The average molecular weight is 190 g/mol. The Labute approximate surface area is 82.1 Å². The van der Waals surface area contributed by atoms with E-state index < -0.39 is 0 Å². The van der Waals surface area contributed by atoms with E-state index in [0.717, 1.165) is 14.6 Å². The third-order valence-electron chi connectivity index (χ3n) is 1.90. The highest BCUT2D eigenvalue weighted by molar-refractivity contribution is 7.45. The zero-order valence-corrected chi connectivity index (χ0v) is 9.20. The minimum atomic E-state index is 0.972. The predicted molar refractivity (Wildman–Crippen MR) is 63.4 cm³/mol. The Kier molecular flexibility index (Phi) is 3.45. The van der Waals surface area contributed by atoms with Crippen LogP contribution in [0.1, 0.15) is 18.1 Å². The van der Waals surface area contributed by atoms with Gasteiger partial charge in [-0.3, -0.25) is 0 Å². The fraction of sp³-hybridized carbons (Fsp3) is 0.250. The van der Waals surface area contributed by atoms with Crippen molar-refractivity contribution < 1.29 is 0 Å². The SMILES string of the molecule is C=Pc1ccc(C)cc1CC(=C)C. The van der Waals surface area contributed by atoms with Crippen LogP contribution in [0.5, 0.6) is 0 Å². The maximum Gasteiger partial charge on any atom is 0.00475 e. The number of rotatable bonds is 3. The molecule has 0 fully saturated rings. The molecule has 0 atom stereocenters. The van der Waals surface area contributed by atoms with E-state index in [-0.39, 0.29) is 0 Å². The third-order valence-corrected chi connectivity index (χ3v) is 2.67. The van der Waals surface area contributed by atoms with Gasteiger partial charge in [0.05, 0.1) is 0 Å². The Morgan fingerprint density at radius 2 is 2.15 bits per heavy atom. The molecule has 0 nitrogen and oxygen atoms in total. The fourth-order valence-electron chi connectivity index (χ4n) is 1.34. The van der Waals surface area contributed by atoms with Crippen LogP contribution in [-0.2, 0) is 6.42 Å². The van der Waals surface area contributed by atoms with Crippen molar-refractivity contribution in [2.45, 2.75) is 20.3 Å². The fourth-order valence-corrected chi connectivity index (χ4v) is 1.86. The molecule has 1 aromatic carbocycles. The van der Waals surface area contributed by atoms with Gasteiger partial charge in [-0.15, -0.1) is 0 Å². The van der Waals surface area contributed by atoms with E-state index in [4.69, 9.17) is 0 Å². The second-order valence-corrected chi connectivity index (χ2v) is 4.22. The van der Waals surface area contributed by atoms with Gasteiger partial charge in [-0.25, -0.2) is 0 Å². The van der Waals surface area contributed by atoms with Gasteiger partial charge in [0.2, 0.25) is 0 Å². The molecular weight excluding hydrogens is 175 g/mol. The maximum atomic E-state index is 3.93. The topological polar surface area (TPSA) is 0 Å². The smallest absolute Gasteiger partial charge is 0.00475 e. The molecule has 13 heavy (non-hydrogen) atoms. The van der Waals surface area contributed by atoms with E-state index in [1.54, 1.807) is 0 Å². The molecule has 0 spiro atoms. The minimum absolute atomic E-state index is 0.972. The van der Waals surface area contributed by atoms with Gasteiger partial charge in [-0.05, 0) is 31.9 Å². The second kappa shape index (κ2) is 4.39. The highest BCUT2D eigenvalue weighted by atomic mass is 31.1. The lowest BCUT2D eigenvalue weighted by atomic mass is 10.1. The van der Waals surface area contributed by atoms with Crippen LogP contribution in [0.4, 0.5) is 0 Å². The molecule has 1 heteroatoms. The number of hydrogen-bond donors (Lipinski definition) is 0. The predicted octanol–water partition coefficient (Wildman–Crippen LogP) is 3.12. The van der Waals surface area contributed by atoms with Crippen molar-refractivity contribution in [2.75, 3.05) is 0 Å². The maximum absolute atomic E-state index is 3.93. The lowest BCUT2D eigenvalue weighted by Crippen LogP contribution is -2.03. The van der Waals surface area contributed by atoms with E-state index in [0.29, 0.717) is 0 Å². The molecule has 0 aliphatic carbocycles. The Hall–Kier alpha value is -0.870. The molecule has 68 valence electrons. The quantitative estimate of drug-likeness (QED) is 0.507. The van der Waals surface area contributed by atoms with E-state index >= 15 is 0 Å². The first kappa shape index (κ1) is 10.2. The summed E-state index contributed by atoms with van der Waals surface area (Å²) >= 11 is 0. The van der Waals surface area contributed by atoms with Gasteiger partial charge in [0.1, 0.15) is 0 Å². The zero-order valence-electron chi connectivity index (χ0n) is 8.30. The lowest BCUT2D eigenvalue weighted by Gasteiger charge is -2.06. The van der Waals surface area contributed by atoms with Crippen molar-refractivity contribution in [2.24, 2.45) is 0 Å². The van der Waals surface area contributed by atoms with Crippen LogP contribution in [0.25, 0.3) is 0 Å². The molecule has 0 heterocycles. The largest absolute Gasteiger partial charge is 0.0998 e. The Balaban J connectivity index is 3.07. The lowest BCUT2D eigenvalue weighted by molar-refractivity contribution is 1.16.